The number of nitrogens with zero attached hydrogens (tertiary/aromatic N) is 5. The molecule has 1 saturated carbocycles. The Kier molecular flexibility index (Phi) is 4.97. The third-order valence-corrected chi connectivity index (χ3v) is 5.18. The maximum Gasteiger partial charge on any atom is 0.257 e. The zero-order valence-electron chi connectivity index (χ0n) is 13.8. The molecular weight excluding hydrogens is 290 g/mol. The van der Waals surface area contributed by atoms with Crippen LogP contribution in [-0.4, -0.2) is 57.7 Å². The first kappa shape index (κ1) is 16.0. The summed E-state index contributed by atoms with van der Waals surface area (Å²) < 4.78 is 1.65. The maximum atomic E-state index is 12.4. The van der Waals surface area contributed by atoms with Gasteiger partial charge < -0.3 is 4.90 Å². The molecule has 1 amide bonds. The number of aromatic nitrogens is 2. The van der Waals surface area contributed by atoms with E-state index in [-0.39, 0.29) is 11.9 Å². The second-order valence-electron chi connectivity index (χ2n) is 6.70. The predicted octanol–water partition coefficient (Wildman–Crippen LogP) is 1.65. The highest BCUT2D eigenvalue weighted by Crippen LogP contribution is 2.29. The van der Waals surface area contributed by atoms with Crippen molar-refractivity contribution in [2.75, 3.05) is 26.2 Å². The van der Waals surface area contributed by atoms with Crippen LogP contribution in [0.1, 0.15) is 42.5 Å². The second-order valence-corrected chi connectivity index (χ2v) is 6.70. The Morgan fingerprint density at radius 2 is 1.96 bits per heavy atom. The fourth-order valence-electron chi connectivity index (χ4n) is 3.85. The van der Waals surface area contributed by atoms with Crippen LogP contribution >= 0.6 is 0 Å². The molecule has 6 nitrogen and oxygen atoms in total. The molecule has 1 aliphatic carbocycles. The highest BCUT2D eigenvalue weighted by molar-refractivity contribution is 5.93. The Morgan fingerprint density at radius 3 is 2.52 bits per heavy atom. The van der Waals surface area contributed by atoms with Gasteiger partial charge in [0.25, 0.3) is 5.91 Å². The first-order valence-corrected chi connectivity index (χ1v) is 8.60. The Balaban J connectivity index is 1.57. The van der Waals surface area contributed by atoms with Crippen LogP contribution in [0.4, 0.5) is 0 Å². The summed E-state index contributed by atoms with van der Waals surface area (Å²) >= 11 is 0. The van der Waals surface area contributed by atoms with Crippen LogP contribution in [0.15, 0.2) is 12.4 Å². The van der Waals surface area contributed by atoms with Gasteiger partial charge in [0.1, 0.15) is 6.04 Å². The number of rotatable bonds is 3. The summed E-state index contributed by atoms with van der Waals surface area (Å²) in [5, 5.41) is 13.7. The van der Waals surface area contributed by atoms with Crippen molar-refractivity contribution >= 4 is 5.91 Å². The number of carbonyl (C=O) groups excluding carboxylic acids is 1. The van der Waals surface area contributed by atoms with E-state index >= 15 is 0 Å². The van der Waals surface area contributed by atoms with Crippen LogP contribution in [0.5, 0.6) is 0 Å². The summed E-state index contributed by atoms with van der Waals surface area (Å²) in [5.41, 5.74) is 0.644. The van der Waals surface area contributed by atoms with Crippen LogP contribution < -0.4 is 0 Å². The maximum absolute atomic E-state index is 12.4. The standard InChI is InChI=1S/C17H25N5O/c1-20-13-15(12-19-20)17(23)22-9-7-21(8-10-22)16(11-18)14-5-3-2-4-6-14/h12-14,16H,2-10H2,1H3/t16-/m0/s1. The monoisotopic (exact) mass is 315 g/mol. The average molecular weight is 315 g/mol. The summed E-state index contributed by atoms with van der Waals surface area (Å²) in [5.74, 6) is 0.554. The number of piperazine rings is 1. The quantitative estimate of drug-likeness (QED) is 0.851. The smallest absolute Gasteiger partial charge is 0.257 e. The number of carbonyl (C=O) groups is 1. The molecule has 0 spiro atoms. The van der Waals surface area contributed by atoms with Crippen LogP contribution in [0.3, 0.4) is 0 Å². The Labute approximate surface area is 137 Å². The molecule has 0 bridgehead atoms. The summed E-state index contributed by atoms with van der Waals surface area (Å²) in [6.07, 6.45) is 9.54. The lowest BCUT2D eigenvalue weighted by Crippen LogP contribution is -2.53. The average Bonchev–Trinajstić information content (AvgIpc) is 3.03. The van der Waals surface area contributed by atoms with Crippen LogP contribution in [0, 0.1) is 17.2 Å². The lowest BCUT2D eigenvalue weighted by molar-refractivity contribution is 0.0538. The minimum Gasteiger partial charge on any atom is -0.336 e. The molecule has 1 saturated heterocycles. The summed E-state index contributed by atoms with van der Waals surface area (Å²) in [4.78, 5) is 16.6. The van der Waals surface area contributed by atoms with Gasteiger partial charge in [-0.3, -0.25) is 14.4 Å². The van der Waals surface area contributed by atoms with Crippen molar-refractivity contribution in [3.8, 4) is 6.07 Å². The van der Waals surface area contributed by atoms with E-state index in [2.05, 4.69) is 16.1 Å². The number of nitriles is 1. The van der Waals surface area contributed by atoms with E-state index < -0.39 is 0 Å². The third kappa shape index (κ3) is 3.56. The Bertz CT molecular complexity index is 576. The van der Waals surface area contributed by atoms with E-state index in [1.54, 1.807) is 17.1 Å². The van der Waals surface area contributed by atoms with E-state index in [0.717, 1.165) is 13.1 Å². The molecule has 6 heteroatoms. The molecule has 2 fully saturated rings. The van der Waals surface area contributed by atoms with Crippen molar-refractivity contribution in [2.45, 2.75) is 38.1 Å². The summed E-state index contributed by atoms with van der Waals surface area (Å²) in [7, 11) is 1.82. The molecule has 124 valence electrons. The van der Waals surface area contributed by atoms with Gasteiger partial charge >= 0.3 is 0 Å². The fraction of sp³-hybridized carbons (Fsp3) is 0.706. The number of hydrogen-bond acceptors (Lipinski definition) is 4. The van der Waals surface area contributed by atoms with E-state index in [1.165, 1.54) is 32.1 Å². The first-order valence-electron chi connectivity index (χ1n) is 8.60. The Morgan fingerprint density at radius 1 is 1.26 bits per heavy atom. The minimum atomic E-state index is 0.0194. The van der Waals surface area contributed by atoms with Crippen molar-refractivity contribution in [2.24, 2.45) is 13.0 Å². The van der Waals surface area contributed by atoms with Gasteiger partial charge in [0, 0.05) is 39.4 Å². The molecule has 23 heavy (non-hydrogen) atoms. The zero-order valence-corrected chi connectivity index (χ0v) is 13.8. The van der Waals surface area contributed by atoms with Crippen molar-refractivity contribution in [3.05, 3.63) is 18.0 Å². The minimum absolute atomic E-state index is 0.0194. The largest absolute Gasteiger partial charge is 0.336 e. The highest BCUT2D eigenvalue weighted by Gasteiger charge is 2.32. The van der Waals surface area contributed by atoms with E-state index in [4.69, 9.17) is 0 Å². The SMILES string of the molecule is Cn1cc(C(=O)N2CCN([C@@H](C#N)C3CCCCC3)CC2)cn1. The molecular formula is C17H25N5O. The fourth-order valence-corrected chi connectivity index (χ4v) is 3.85. The molecule has 2 aliphatic rings. The third-order valence-electron chi connectivity index (χ3n) is 5.18. The lowest BCUT2D eigenvalue weighted by Gasteiger charge is -2.40. The van der Waals surface area contributed by atoms with Crippen molar-refractivity contribution in [1.82, 2.24) is 19.6 Å². The number of hydrogen-bond donors (Lipinski definition) is 0. The number of aryl methyl sites for hydroxylation is 1. The molecule has 1 aromatic heterocycles. The van der Waals surface area contributed by atoms with E-state index in [9.17, 15) is 10.1 Å². The Hall–Kier alpha value is -1.87. The molecule has 1 atom stereocenters. The van der Waals surface area contributed by atoms with E-state index in [1.807, 2.05) is 11.9 Å². The van der Waals surface area contributed by atoms with Gasteiger partial charge in [-0.2, -0.15) is 10.4 Å². The molecule has 1 aliphatic heterocycles. The van der Waals surface area contributed by atoms with Crippen molar-refractivity contribution in [3.63, 3.8) is 0 Å². The van der Waals surface area contributed by atoms with Gasteiger partial charge in [-0.15, -0.1) is 0 Å². The molecule has 2 heterocycles. The molecule has 0 N–H and O–H groups in total. The predicted molar refractivity (Wildman–Crippen MR) is 86.7 cm³/mol. The molecule has 3 rings (SSSR count). The first-order chi connectivity index (χ1) is 11.2. The van der Waals surface area contributed by atoms with Gasteiger partial charge in [-0.05, 0) is 18.8 Å². The van der Waals surface area contributed by atoms with Crippen molar-refractivity contribution < 1.29 is 4.79 Å². The topological polar surface area (TPSA) is 65.2 Å². The molecule has 1 aromatic rings. The summed E-state index contributed by atoms with van der Waals surface area (Å²) in [6, 6.07) is 2.55. The van der Waals surface area contributed by atoms with Gasteiger partial charge in [0.2, 0.25) is 0 Å². The van der Waals surface area contributed by atoms with Crippen LogP contribution in [0.2, 0.25) is 0 Å². The number of amides is 1. The van der Waals surface area contributed by atoms with Gasteiger partial charge in [0.05, 0.1) is 17.8 Å². The van der Waals surface area contributed by atoms with Crippen LogP contribution in [0.25, 0.3) is 0 Å². The van der Waals surface area contributed by atoms with Gasteiger partial charge in [0.15, 0.2) is 0 Å². The van der Waals surface area contributed by atoms with Gasteiger partial charge in [-0.25, -0.2) is 0 Å². The molecule has 0 aromatic carbocycles. The van der Waals surface area contributed by atoms with Crippen molar-refractivity contribution in [1.29, 1.82) is 5.26 Å². The molecule has 0 unspecified atom stereocenters. The lowest BCUT2D eigenvalue weighted by atomic mass is 9.83. The zero-order chi connectivity index (χ0) is 16.2. The summed E-state index contributed by atoms with van der Waals surface area (Å²) in [6.45, 7) is 2.97. The van der Waals surface area contributed by atoms with E-state index in [0.29, 0.717) is 24.6 Å². The highest BCUT2D eigenvalue weighted by atomic mass is 16.2. The molecule has 0 radical (unpaired) electrons. The van der Waals surface area contributed by atoms with Gasteiger partial charge in [-0.1, -0.05) is 19.3 Å². The second kappa shape index (κ2) is 7.14. The normalized spacial score (nSPS) is 21.8. The van der Waals surface area contributed by atoms with Crippen LogP contribution in [-0.2, 0) is 7.05 Å².